The van der Waals surface area contributed by atoms with Gasteiger partial charge in [-0.05, 0) is 36.8 Å². The number of hydrogen-bond donors (Lipinski definition) is 2. The van der Waals surface area contributed by atoms with Crippen molar-refractivity contribution in [3.8, 4) is 6.07 Å². The van der Waals surface area contributed by atoms with Crippen LogP contribution in [0.15, 0.2) is 54.6 Å². The molecule has 0 heterocycles. The summed E-state index contributed by atoms with van der Waals surface area (Å²) in [6, 6.07) is 16.9. The van der Waals surface area contributed by atoms with Gasteiger partial charge in [-0.15, -0.1) is 0 Å². The number of carbonyl (C=O) groups excluding carboxylic acids is 2. The van der Waals surface area contributed by atoms with E-state index in [1.165, 1.54) is 0 Å². The molecule has 1 atom stereocenters. The molecule has 24 heavy (non-hydrogen) atoms. The molecule has 0 aromatic heterocycles. The standard InChI is InChI=1S/C18H17N3O3/c1-13(17(22)21-16-9-7-14(11-19)8-10-16)20-18(23)24-12-15-5-3-2-4-6-15/h2-10,13H,12H2,1H3,(H,20,23)(H,21,22)/t13-/m1/s1. The summed E-state index contributed by atoms with van der Waals surface area (Å²) < 4.78 is 5.06. The van der Waals surface area contributed by atoms with Crippen LogP contribution in [0, 0.1) is 11.3 Å². The van der Waals surface area contributed by atoms with Crippen molar-refractivity contribution in [1.82, 2.24) is 5.32 Å². The fourth-order valence-corrected chi connectivity index (χ4v) is 1.89. The zero-order valence-corrected chi connectivity index (χ0v) is 13.2. The number of ether oxygens (including phenoxy) is 1. The second-order valence-corrected chi connectivity index (χ2v) is 5.11. The molecule has 2 N–H and O–H groups in total. The van der Waals surface area contributed by atoms with Crippen molar-refractivity contribution in [3.05, 3.63) is 65.7 Å². The number of amides is 2. The predicted molar refractivity (Wildman–Crippen MR) is 89.0 cm³/mol. The van der Waals surface area contributed by atoms with Crippen molar-refractivity contribution in [2.75, 3.05) is 5.32 Å². The Kier molecular flexibility index (Phi) is 5.92. The van der Waals surface area contributed by atoms with Gasteiger partial charge in [-0.3, -0.25) is 4.79 Å². The Morgan fingerprint density at radius 1 is 1.12 bits per heavy atom. The monoisotopic (exact) mass is 323 g/mol. The average molecular weight is 323 g/mol. The Morgan fingerprint density at radius 3 is 2.42 bits per heavy atom. The van der Waals surface area contributed by atoms with Crippen LogP contribution in [0.1, 0.15) is 18.1 Å². The molecule has 0 radical (unpaired) electrons. The number of alkyl carbamates (subject to hydrolysis) is 1. The summed E-state index contributed by atoms with van der Waals surface area (Å²) in [5, 5.41) is 13.9. The zero-order valence-electron chi connectivity index (χ0n) is 13.2. The number of carbonyl (C=O) groups is 2. The van der Waals surface area contributed by atoms with Crippen molar-refractivity contribution in [3.63, 3.8) is 0 Å². The summed E-state index contributed by atoms with van der Waals surface area (Å²) in [7, 11) is 0. The highest BCUT2D eigenvalue weighted by atomic mass is 16.5. The van der Waals surface area contributed by atoms with E-state index in [0.717, 1.165) is 5.56 Å². The third kappa shape index (κ3) is 5.14. The maximum atomic E-state index is 12.0. The van der Waals surface area contributed by atoms with E-state index in [2.05, 4.69) is 10.6 Å². The van der Waals surface area contributed by atoms with E-state index in [9.17, 15) is 9.59 Å². The molecule has 2 aromatic rings. The van der Waals surface area contributed by atoms with Gasteiger partial charge in [0.05, 0.1) is 11.6 Å². The molecular weight excluding hydrogens is 306 g/mol. The molecule has 0 unspecified atom stereocenters. The van der Waals surface area contributed by atoms with Crippen molar-refractivity contribution in [1.29, 1.82) is 5.26 Å². The molecule has 6 nitrogen and oxygen atoms in total. The van der Waals surface area contributed by atoms with Crippen LogP contribution in [0.4, 0.5) is 10.5 Å². The quantitative estimate of drug-likeness (QED) is 0.885. The zero-order chi connectivity index (χ0) is 17.4. The summed E-state index contributed by atoms with van der Waals surface area (Å²) in [6.45, 7) is 1.69. The SMILES string of the molecule is C[C@@H](NC(=O)OCc1ccccc1)C(=O)Nc1ccc(C#N)cc1. The maximum Gasteiger partial charge on any atom is 0.408 e. The Bertz CT molecular complexity index is 736. The third-order valence-corrected chi connectivity index (χ3v) is 3.22. The number of nitriles is 1. The highest BCUT2D eigenvalue weighted by Gasteiger charge is 2.16. The molecule has 2 aromatic carbocycles. The van der Waals surface area contributed by atoms with Gasteiger partial charge in [-0.2, -0.15) is 5.26 Å². The molecule has 0 aliphatic carbocycles. The van der Waals surface area contributed by atoms with Crippen LogP contribution in [0.3, 0.4) is 0 Å². The Hall–Kier alpha value is -3.33. The van der Waals surface area contributed by atoms with E-state index in [1.54, 1.807) is 31.2 Å². The van der Waals surface area contributed by atoms with Gasteiger partial charge in [0.1, 0.15) is 12.6 Å². The molecule has 0 aliphatic heterocycles. The Labute approximate surface area is 140 Å². The van der Waals surface area contributed by atoms with Gasteiger partial charge in [0.2, 0.25) is 5.91 Å². The van der Waals surface area contributed by atoms with Crippen LogP contribution >= 0.6 is 0 Å². The lowest BCUT2D eigenvalue weighted by Gasteiger charge is -2.14. The average Bonchev–Trinajstić information content (AvgIpc) is 2.61. The first-order valence-electron chi connectivity index (χ1n) is 7.36. The first-order valence-corrected chi connectivity index (χ1v) is 7.36. The van der Waals surface area contributed by atoms with Crippen molar-refractivity contribution in [2.45, 2.75) is 19.6 Å². The van der Waals surface area contributed by atoms with Crippen LogP contribution in [0.5, 0.6) is 0 Å². The Morgan fingerprint density at radius 2 is 1.79 bits per heavy atom. The Balaban J connectivity index is 1.80. The minimum atomic E-state index is -0.760. The van der Waals surface area contributed by atoms with Crippen LogP contribution in [0.2, 0.25) is 0 Å². The summed E-state index contributed by atoms with van der Waals surface area (Å²) in [4.78, 5) is 23.7. The highest BCUT2D eigenvalue weighted by Crippen LogP contribution is 2.09. The first kappa shape index (κ1) is 17.0. The fraction of sp³-hybridized carbons (Fsp3) is 0.167. The van der Waals surface area contributed by atoms with E-state index in [1.807, 2.05) is 36.4 Å². The topological polar surface area (TPSA) is 91.2 Å². The molecule has 122 valence electrons. The second-order valence-electron chi connectivity index (χ2n) is 5.11. The van der Waals surface area contributed by atoms with Gasteiger partial charge >= 0.3 is 6.09 Å². The lowest BCUT2D eigenvalue weighted by Crippen LogP contribution is -2.41. The van der Waals surface area contributed by atoms with Gasteiger partial charge in [0.15, 0.2) is 0 Å². The van der Waals surface area contributed by atoms with Crippen LogP contribution < -0.4 is 10.6 Å². The van der Waals surface area contributed by atoms with E-state index in [4.69, 9.17) is 10.00 Å². The molecule has 2 amide bonds. The summed E-state index contributed by atoms with van der Waals surface area (Å²) in [5.74, 6) is -0.378. The van der Waals surface area contributed by atoms with Gasteiger partial charge in [-0.1, -0.05) is 30.3 Å². The molecule has 0 aliphatic rings. The van der Waals surface area contributed by atoms with Crippen LogP contribution in [-0.4, -0.2) is 18.0 Å². The fourth-order valence-electron chi connectivity index (χ4n) is 1.89. The molecule has 0 fully saturated rings. The van der Waals surface area contributed by atoms with Crippen LogP contribution in [-0.2, 0) is 16.1 Å². The van der Waals surface area contributed by atoms with E-state index in [0.29, 0.717) is 11.3 Å². The van der Waals surface area contributed by atoms with E-state index in [-0.39, 0.29) is 12.5 Å². The lowest BCUT2D eigenvalue weighted by atomic mass is 10.2. The lowest BCUT2D eigenvalue weighted by molar-refractivity contribution is -0.117. The minimum absolute atomic E-state index is 0.136. The molecule has 6 heteroatoms. The largest absolute Gasteiger partial charge is 0.445 e. The molecule has 0 saturated heterocycles. The first-order chi connectivity index (χ1) is 11.6. The van der Waals surface area contributed by atoms with Crippen molar-refractivity contribution < 1.29 is 14.3 Å². The maximum absolute atomic E-state index is 12.0. The van der Waals surface area contributed by atoms with Crippen molar-refractivity contribution in [2.24, 2.45) is 0 Å². The summed E-state index contributed by atoms with van der Waals surface area (Å²) in [6.07, 6.45) is -0.665. The molecule has 0 bridgehead atoms. The van der Waals surface area contributed by atoms with Gasteiger partial charge in [0.25, 0.3) is 0 Å². The molecule has 0 spiro atoms. The third-order valence-electron chi connectivity index (χ3n) is 3.22. The molecule has 0 saturated carbocycles. The van der Waals surface area contributed by atoms with Gasteiger partial charge < -0.3 is 15.4 Å². The summed E-state index contributed by atoms with van der Waals surface area (Å²) in [5.41, 5.74) is 1.91. The smallest absolute Gasteiger partial charge is 0.408 e. The number of benzene rings is 2. The minimum Gasteiger partial charge on any atom is -0.445 e. The number of rotatable bonds is 5. The molecular formula is C18H17N3O3. The second kappa shape index (κ2) is 8.34. The van der Waals surface area contributed by atoms with Crippen molar-refractivity contribution >= 4 is 17.7 Å². The van der Waals surface area contributed by atoms with Gasteiger partial charge in [-0.25, -0.2) is 4.79 Å². The highest BCUT2D eigenvalue weighted by molar-refractivity contribution is 5.96. The summed E-state index contributed by atoms with van der Waals surface area (Å²) >= 11 is 0. The van der Waals surface area contributed by atoms with Crippen LogP contribution in [0.25, 0.3) is 0 Å². The normalized spacial score (nSPS) is 11.0. The van der Waals surface area contributed by atoms with Gasteiger partial charge in [0, 0.05) is 5.69 Å². The number of nitrogens with zero attached hydrogens (tertiary/aromatic N) is 1. The number of hydrogen-bond acceptors (Lipinski definition) is 4. The predicted octanol–water partition coefficient (Wildman–Crippen LogP) is 2.81. The van der Waals surface area contributed by atoms with E-state index < -0.39 is 12.1 Å². The molecule has 2 rings (SSSR count). The number of anilines is 1. The van der Waals surface area contributed by atoms with E-state index >= 15 is 0 Å². The number of nitrogens with one attached hydrogen (secondary N) is 2.